The summed E-state index contributed by atoms with van der Waals surface area (Å²) in [5, 5.41) is 2.60. The first-order chi connectivity index (χ1) is 9.40. The van der Waals surface area contributed by atoms with E-state index in [0.717, 1.165) is 22.2 Å². The molecule has 2 aromatic rings. The Morgan fingerprint density at radius 3 is 2.60 bits per heavy atom. The molecule has 0 radical (unpaired) electrons. The van der Waals surface area contributed by atoms with Gasteiger partial charge in [0.1, 0.15) is 0 Å². The van der Waals surface area contributed by atoms with Gasteiger partial charge in [0.15, 0.2) is 11.6 Å². The molecular formula is C14H11BrF2N2O. The minimum Gasteiger partial charge on any atom is -0.398 e. The third-order valence-electron chi connectivity index (χ3n) is 2.78. The molecule has 0 aliphatic rings. The highest BCUT2D eigenvalue weighted by molar-refractivity contribution is 9.10. The minimum absolute atomic E-state index is 0.114. The molecule has 0 unspecified atom stereocenters. The topological polar surface area (TPSA) is 55.1 Å². The summed E-state index contributed by atoms with van der Waals surface area (Å²) in [6.07, 6.45) is 0. The lowest BCUT2D eigenvalue weighted by molar-refractivity contribution is 0.102. The first-order valence-corrected chi connectivity index (χ1v) is 6.50. The van der Waals surface area contributed by atoms with Crippen molar-refractivity contribution in [2.45, 2.75) is 6.92 Å². The van der Waals surface area contributed by atoms with Crippen LogP contribution in [-0.2, 0) is 0 Å². The van der Waals surface area contributed by atoms with Gasteiger partial charge in [-0.05, 0) is 40.5 Å². The average Bonchev–Trinajstić information content (AvgIpc) is 2.39. The zero-order valence-electron chi connectivity index (χ0n) is 10.5. The van der Waals surface area contributed by atoms with Gasteiger partial charge in [0, 0.05) is 16.2 Å². The molecule has 0 spiro atoms. The number of halogens is 3. The molecule has 0 aromatic heterocycles. The zero-order valence-corrected chi connectivity index (χ0v) is 12.1. The van der Waals surface area contributed by atoms with E-state index in [0.29, 0.717) is 5.69 Å². The Morgan fingerprint density at radius 1 is 1.25 bits per heavy atom. The van der Waals surface area contributed by atoms with Crippen molar-refractivity contribution in [1.82, 2.24) is 0 Å². The number of aryl methyl sites for hydroxylation is 1. The summed E-state index contributed by atoms with van der Waals surface area (Å²) in [5.74, 6) is -2.81. The summed E-state index contributed by atoms with van der Waals surface area (Å²) < 4.78 is 26.9. The number of hydrogen-bond donors (Lipinski definition) is 2. The molecule has 104 valence electrons. The van der Waals surface area contributed by atoms with E-state index in [-0.39, 0.29) is 11.3 Å². The van der Waals surface area contributed by atoms with Gasteiger partial charge in [0.25, 0.3) is 5.91 Å². The van der Waals surface area contributed by atoms with Crippen LogP contribution in [0.5, 0.6) is 0 Å². The van der Waals surface area contributed by atoms with E-state index in [1.54, 1.807) is 12.1 Å². The molecule has 0 aliphatic heterocycles. The van der Waals surface area contributed by atoms with Gasteiger partial charge in [-0.2, -0.15) is 0 Å². The number of nitrogens with two attached hydrogens (primary N) is 1. The Bertz CT molecular complexity index is 689. The molecule has 3 N–H and O–H groups in total. The van der Waals surface area contributed by atoms with Crippen molar-refractivity contribution in [2.75, 3.05) is 11.1 Å². The second kappa shape index (κ2) is 5.58. The van der Waals surface area contributed by atoms with Gasteiger partial charge in [0.05, 0.1) is 11.3 Å². The molecule has 0 saturated heterocycles. The summed E-state index contributed by atoms with van der Waals surface area (Å²) in [5.41, 5.74) is 6.76. The monoisotopic (exact) mass is 340 g/mol. The van der Waals surface area contributed by atoms with Crippen LogP contribution in [0.4, 0.5) is 20.2 Å². The van der Waals surface area contributed by atoms with Crippen LogP contribution in [0.1, 0.15) is 15.9 Å². The minimum atomic E-state index is -1.12. The smallest absolute Gasteiger partial charge is 0.257 e. The Labute approximate surface area is 122 Å². The third kappa shape index (κ3) is 2.80. The Morgan fingerprint density at radius 2 is 1.90 bits per heavy atom. The predicted octanol–water partition coefficient (Wildman–Crippen LogP) is 3.87. The second-order valence-electron chi connectivity index (χ2n) is 4.24. The molecule has 2 aromatic carbocycles. The van der Waals surface area contributed by atoms with Gasteiger partial charge in [-0.3, -0.25) is 4.79 Å². The lowest BCUT2D eigenvalue weighted by Gasteiger charge is -2.11. The van der Waals surface area contributed by atoms with E-state index >= 15 is 0 Å². The maximum Gasteiger partial charge on any atom is 0.257 e. The Balaban J connectivity index is 2.33. The molecule has 20 heavy (non-hydrogen) atoms. The number of hydrogen-bond acceptors (Lipinski definition) is 2. The number of rotatable bonds is 2. The Hall–Kier alpha value is -1.95. The number of amides is 1. The highest BCUT2D eigenvalue weighted by Crippen LogP contribution is 2.27. The van der Waals surface area contributed by atoms with E-state index in [4.69, 9.17) is 5.73 Å². The van der Waals surface area contributed by atoms with E-state index in [2.05, 4.69) is 21.2 Å². The molecule has 0 bridgehead atoms. The number of carbonyl (C=O) groups excluding carboxylic acids is 1. The molecule has 6 heteroatoms. The lowest BCUT2D eigenvalue weighted by Crippen LogP contribution is -2.15. The van der Waals surface area contributed by atoms with Crippen LogP contribution in [-0.4, -0.2) is 5.91 Å². The van der Waals surface area contributed by atoms with Gasteiger partial charge >= 0.3 is 0 Å². The van der Waals surface area contributed by atoms with Crippen LogP contribution < -0.4 is 11.1 Å². The number of anilines is 2. The van der Waals surface area contributed by atoms with Crippen molar-refractivity contribution in [3.63, 3.8) is 0 Å². The standard InChI is InChI=1S/C14H11BrF2N2O/c1-7-3-2-4-12(13(7)15)19-14(20)8-5-9(16)10(17)6-11(8)18/h2-6H,18H2,1H3,(H,19,20). The SMILES string of the molecule is Cc1cccc(NC(=O)c2cc(F)c(F)cc2N)c1Br. The summed E-state index contributed by atoms with van der Waals surface area (Å²) in [6, 6.07) is 6.89. The fourth-order valence-corrected chi connectivity index (χ4v) is 2.06. The number of nitrogens with one attached hydrogen (secondary N) is 1. The molecule has 1 amide bonds. The molecule has 0 saturated carbocycles. The van der Waals surface area contributed by atoms with E-state index in [9.17, 15) is 13.6 Å². The highest BCUT2D eigenvalue weighted by Gasteiger charge is 2.15. The van der Waals surface area contributed by atoms with Crippen molar-refractivity contribution in [3.8, 4) is 0 Å². The third-order valence-corrected chi connectivity index (χ3v) is 3.83. The van der Waals surface area contributed by atoms with Crippen molar-refractivity contribution in [2.24, 2.45) is 0 Å². The Kier molecular flexibility index (Phi) is 4.04. The maximum atomic E-state index is 13.2. The van der Waals surface area contributed by atoms with Crippen molar-refractivity contribution < 1.29 is 13.6 Å². The van der Waals surface area contributed by atoms with Gasteiger partial charge in [0.2, 0.25) is 0 Å². The first-order valence-electron chi connectivity index (χ1n) is 5.71. The molecule has 2 rings (SSSR count). The largest absolute Gasteiger partial charge is 0.398 e. The van der Waals surface area contributed by atoms with E-state index in [1.165, 1.54) is 0 Å². The summed E-state index contributed by atoms with van der Waals surface area (Å²) in [7, 11) is 0. The van der Waals surface area contributed by atoms with Crippen LogP contribution in [0, 0.1) is 18.6 Å². The molecule has 0 aliphatic carbocycles. The van der Waals surface area contributed by atoms with Crippen LogP contribution in [0.3, 0.4) is 0 Å². The summed E-state index contributed by atoms with van der Waals surface area (Å²) >= 11 is 3.35. The molecule has 0 heterocycles. The van der Waals surface area contributed by atoms with Crippen molar-refractivity contribution in [1.29, 1.82) is 0 Å². The summed E-state index contributed by atoms with van der Waals surface area (Å²) in [4.78, 5) is 12.1. The van der Waals surface area contributed by atoms with Crippen LogP contribution >= 0.6 is 15.9 Å². The predicted molar refractivity (Wildman–Crippen MR) is 77.6 cm³/mol. The second-order valence-corrected chi connectivity index (χ2v) is 5.04. The van der Waals surface area contributed by atoms with E-state index in [1.807, 2.05) is 13.0 Å². The highest BCUT2D eigenvalue weighted by atomic mass is 79.9. The molecule has 0 fully saturated rings. The quantitative estimate of drug-likeness (QED) is 0.815. The van der Waals surface area contributed by atoms with Gasteiger partial charge in [-0.15, -0.1) is 0 Å². The maximum absolute atomic E-state index is 13.2. The number of benzene rings is 2. The van der Waals surface area contributed by atoms with Crippen LogP contribution in [0.15, 0.2) is 34.8 Å². The normalized spacial score (nSPS) is 10.4. The number of nitrogen functional groups attached to an aromatic ring is 1. The van der Waals surface area contributed by atoms with Crippen molar-refractivity contribution >= 4 is 33.2 Å². The zero-order chi connectivity index (χ0) is 14.9. The van der Waals surface area contributed by atoms with Crippen LogP contribution in [0.2, 0.25) is 0 Å². The van der Waals surface area contributed by atoms with E-state index < -0.39 is 17.5 Å². The molecule has 0 atom stereocenters. The fourth-order valence-electron chi connectivity index (χ4n) is 1.69. The number of carbonyl (C=O) groups is 1. The van der Waals surface area contributed by atoms with Gasteiger partial charge in [-0.25, -0.2) is 8.78 Å². The van der Waals surface area contributed by atoms with Crippen molar-refractivity contribution in [3.05, 3.63) is 57.6 Å². The fraction of sp³-hybridized carbons (Fsp3) is 0.0714. The lowest BCUT2D eigenvalue weighted by atomic mass is 10.1. The first kappa shape index (κ1) is 14.5. The average molecular weight is 341 g/mol. The molecule has 3 nitrogen and oxygen atoms in total. The van der Waals surface area contributed by atoms with Crippen LogP contribution in [0.25, 0.3) is 0 Å². The summed E-state index contributed by atoms with van der Waals surface area (Å²) in [6.45, 7) is 1.87. The molecular weight excluding hydrogens is 330 g/mol. The van der Waals surface area contributed by atoms with Gasteiger partial charge < -0.3 is 11.1 Å². The van der Waals surface area contributed by atoms with Gasteiger partial charge in [-0.1, -0.05) is 12.1 Å².